The van der Waals surface area contributed by atoms with Gasteiger partial charge in [-0.1, -0.05) is 0 Å². The Morgan fingerprint density at radius 2 is 1.97 bits per heavy atom. The fraction of sp³-hybridized carbons (Fsp3) is 0.500. The van der Waals surface area contributed by atoms with Crippen LogP contribution in [0.5, 0.6) is 5.88 Å². The van der Waals surface area contributed by atoms with E-state index in [0.717, 1.165) is 52.1 Å². The van der Waals surface area contributed by atoms with Crippen LogP contribution in [0.2, 0.25) is 0 Å². The maximum absolute atomic E-state index is 14.4. The molecule has 2 fully saturated rings. The predicted octanol–water partition coefficient (Wildman–Crippen LogP) is 2.10. The standard InChI is InChI=1S/C24H31FN8O2/c1-3-35-23-19(22(34)29-17-12-20(25)21-28-16(2)14-33(21)15-17)13-27-24(30-23)32-8-4-18(5-9-32)31-10-6-26-7-11-31/h12-15,18,26H,3-11H2,1-2H3,(H,29,34). The molecule has 3 aromatic rings. The number of piperidine rings is 1. The first-order valence-corrected chi connectivity index (χ1v) is 12.2. The molecule has 2 N–H and O–H groups in total. The summed E-state index contributed by atoms with van der Waals surface area (Å²) in [6.07, 6.45) is 6.91. The van der Waals surface area contributed by atoms with Crippen molar-refractivity contribution in [2.24, 2.45) is 0 Å². The Labute approximate surface area is 203 Å². The minimum atomic E-state index is -0.517. The van der Waals surface area contributed by atoms with Crippen LogP contribution in [0.3, 0.4) is 0 Å². The molecule has 11 heteroatoms. The van der Waals surface area contributed by atoms with Gasteiger partial charge in [0.15, 0.2) is 11.5 Å². The largest absolute Gasteiger partial charge is 0.477 e. The van der Waals surface area contributed by atoms with E-state index in [1.807, 2.05) is 6.92 Å². The minimum absolute atomic E-state index is 0.202. The van der Waals surface area contributed by atoms with Gasteiger partial charge in [-0.25, -0.2) is 14.4 Å². The van der Waals surface area contributed by atoms with Gasteiger partial charge in [0.2, 0.25) is 11.8 Å². The zero-order chi connectivity index (χ0) is 24.4. The van der Waals surface area contributed by atoms with Crippen LogP contribution in [-0.4, -0.2) is 82.1 Å². The third-order valence-electron chi connectivity index (χ3n) is 6.57. The Hall–Kier alpha value is -3.31. The number of rotatable bonds is 6. The number of hydrogen-bond acceptors (Lipinski definition) is 8. The van der Waals surface area contributed by atoms with Crippen molar-refractivity contribution in [2.75, 3.05) is 56.1 Å². The van der Waals surface area contributed by atoms with Crippen LogP contribution in [0, 0.1) is 12.7 Å². The second kappa shape index (κ2) is 10.1. The topological polar surface area (TPSA) is 99.9 Å². The van der Waals surface area contributed by atoms with Crippen molar-refractivity contribution in [3.63, 3.8) is 0 Å². The summed E-state index contributed by atoms with van der Waals surface area (Å²) in [6.45, 7) is 9.98. The molecule has 0 saturated carbocycles. The van der Waals surface area contributed by atoms with Crippen molar-refractivity contribution in [1.82, 2.24) is 29.6 Å². The fourth-order valence-electron chi connectivity index (χ4n) is 4.84. The molecular formula is C24H31FN8O2. The molecule has 2 aliphatic rings. The maximum atomic E-state index is 14.4. The quantitative estimate of drug-likeness (QED) is 0.551. The number of ether oxygens (including phenoxy) is 1. The number of piperazine rings is 1. The number of carbonyl (C=O) groups excluding carboxylic acids is 1. The van der Waals surface area contributed by atoms with E-state index in [1.165, 1.54) is 12.3 Å². The fourth-order valence-corrected chi connectivity index (χ4v) is 4.84. The average Bonchev–Trinajstić information content (AvgIpc) is 3.25. The lowest BCUT2D eigenvalue weighted by atomic mass is 10.0. The third kappa shape index (κ3) is 5.06. The van der Waals surface area contributed by atoms with E-state index in [2.05, 4.69) is 35.4 Å². The van der Waals surface area contributed by atoms with Crippen molar-refractivity contribution < 1.29 is 13.9 Å². The number of aryl methyl sites for hydroxylation is 1. The average molecular weight is 483 g/mol. The highest BCUT2D eigenvalue weighted by molar-refractivity contribution is 6.05. The van der Waals surface area contributed by atoms with Crippen molar-refractivity contribution in [3.8, 4) is 5.88 Å². The zero-order valence-corrected chi connectivity index (χ0v) is 20.1. The van der Waals surface area contributed by atoms with Gasteiger partial charge in [-0.3, -0.25) is 9.69 Å². The molecule has 5 rings (SSSR count). The predicted molar refractivity (Wildman–Crippen MR) is 131 cm³/mol. The highest BCUT2D eigenvalue weighted by Gasteiger charge is 2.27. The summed E-state index contributed by atoms with van der Waals surface area (Å²) in [4.78, 5) is 30.9. The van der Waals surface area contributed by atoms with Crippen molar-refractivity contribution >= 4 is 23.2 Å². The first-order chi connectivity index (χ1) is 17.0. The van der Waals surface area contributed by atoms with Gasteiger partial charge in [0.05, 0.1) is 18.0 Å². The Morgan fingerprint density at radius 1 is 1.20 bits per heavy atom. The van der Waals surface area contributed by atoms with Gasteiger partial charge in [0, 0.05) is 70.0 Å². The second-order valence-electron chi connectivity index (χ2n) is 8.97. The number of pyridine rings is 1. The molecule has 35 heavy (non-hydrogen) atoms. The number of fused-ring (bicyclic) bond motifs is 1. The van der Waals surface area contributed by atoms with Gasteiger partial charge in [0.25, 0.3) is 5.91 Å². The minimum Gasteiger partial charge on any atom is -0.477 e. The molecule has 0 unspecified atom stereocenters. The van der Waals surface area contributed by atoms with Crippen LogP contribution in [0.4, 0.5) is 16.0 Å². The summed E-state index contributed by atoms with van der Waals surface area (Å²) in [7, 11) is 0. The van der Waals surface area contributed by atoms with Crippen LogP contribution in [0.15, 0.2) is 24.7 Å². The summed E-state index contributed by atoms with van der Waals surface area (Å²) in [5.41, 5.74) is 1.41. The van der Waals surface area contributed by atoms with E-state index in [1.54, 1.807) is 23.7 Å². The summed E-state index contributed by atoms with van der Waals surface area (Å²) in [5.74, 6) is -0.200. The van der Waals surface area contributed by atoms with Gasteiger partial charge < -0.3 is 24.7 Å². The number of hydrogen-bond donors (Lipinski definition) is 2. The van der Waals surface area contributed by atoms with Crippen molar-refractivity contribution in [2.45, 2.75) is 32.7 Å². The highest BCUT2D eigenvalue weighted by Crippen LogP contribution is 2.25. The molecule has 0 atom stereocenters. The molecule has 10 nitrogen and oxygen atoms in total. The highest BCUT2D eigenvalue weighted by atomic mass is 19.1. The van der Waals surface area contributed by atoms with Crippen molar-refractivity contribution in [1.29, 1.82) is 0 Å². The summed E-state index contributed by atoms with van der Waals surface area (Å²) in [6, 6.07) is 1.83. The number of nitrogens with one attached hydrogen (secondary N) is 2. The van der Waals surface area contributed by atoms with E-state index in [4.69, 9.17) is 4.74 Å². The van der Waals surface area contributed by atoms with Crippen LogP contribution in [0.1, 0.15) is 35.8 Å². The lowest BCUT2D eigenvalue weighted by molar-refractivity contribution is 0.102. The first kappa shape index (κ1) is 23.4. The van der Waals surface area contributed by atoms with Gasteiger partial charge in [0.1, 0.15) is 5.56 Å². The Morgan fingerprint density at radius 3 is 2.71 bits per heavy atom. The number of amides is 1. The van der Waals surface area contributed by atoms with E-state index >= 15 is 0 Å². The molecule has 0 radical (unpaired) electrons. The number of aromatic nitrogens is 4. The van der Waals surface area contributed by atoms with E-state index in [-0.39, 0.29) is 17.1 Å². The molecule has 0 aromatic carbocycles. The van der Waals surface area contributed by atoms with Crippen LogP contribution in [-0.2, 0) is 0 Å². The summed E-state index contributed by atoms with van der Waals surface area (Å²) < 4.78 is 21.7. The number of imidazole rings is 1. The van der Waals surface area contributed by atoms with E-state index in [0.29, 0.717) is 30.0 Å². The molecule has 186 valence electrons. The van der Waals surface area contributed by atoms with Crippen molar-refractivity contribution in [3.05, 3.63) is 41.7 Å². The molecule has 0 spiro atoms. The number of anilines is 2. The van der Waals surface area contributed by atoms with Crippen LogP contribution >= 0.6 is 0 Å². The number of halogens is 1. The second-order valence-corrected chi connectivity index (χ2v) is 8.97. The normalized spacial score (nSPS) is 17.6. The summed E-state index contributed by atoms with van der Waals surface area (Å²) >= 11 is 0. The van der Waals surface area contributed by atoms with Gasteiger partial charge in [-0.05, 0) is 26.7 Å². The Balaban J connectivity index is 1.30. The lowest BCUT2D eigenvalue weighted by Gasteiger charge is -2.40. The lowest BCUT2D eigenvalue weighted by Crippen LogP contribution is -2.52. The first-order valence-electron chi connectivity index (χ1n) is 12.2. The molecule has 0 aliphatic carbocycles. The maximum Gasteiger partial charge on any atom is 0.262 e. The molecular weight excluding hydrogens is 451 g/mol. The number of nitrogens with zero attached hydrogens (tertiary/aromatic N) is 6. The van der Waals surface area contributed by atoms with Gasteiger partial charge in [-0.15, -0.1) is 0 Å². The van der Waals surface area contributed by atoms with Crippen LogP contribution in [0.25, 0.3) is 5.65 Å². The SMILES string of the molecule is CCOc1nc(N2CCC(N3CCNCC3)CC2)ncc1C(=O)Nc1cc(F)c2nc(C)cn2c1. The smallest absolute Gasteiger partial charge is 0.262 e. The van der Waals surface area contributed by atoms with E-state index in [9.17, 15) is 9.18 Å². The van der Waals surface area contributed by atoms with Gasteiger partial charge in [-0.2, -0.15) is 4.98 Å². The molecule has 1 amide bonds. The zero-order valence-electron chi connectivity index (χ0n) is 20.1. The molecule has 2 saturated heterocycles. The van der Waals surface area contributed by atoms with Gasteiger partial charge >= 0.3 is 0 Å². The van der Waals surface area contributed by atoms with E-state index < -0.39 is 11.7 Å². The molecule has 0 bridgehead atoms. The summed E-state index contributed by atoms with van der Waals surface area (Å²) in [5, 5.41) is 6.14. The number of carbonyl (C=O) groups is 1. The Bertz CT molecular complexity index is 1200. The monoisotopic (exact) mass is 482 g/mol. The molecule has 3 aromatic heterocycles. The molecule has 5 heterocycles. The van der Waals surface area contributed by atoms with Crippen LogP contribution < -0.4 is 20.3 Å². The Kier molecular flexibility index (Phi) is 6.78. The molecule has 2 aliphatic heterocycles. The third-order valence-corrected chi connectivity index (χ3v) is 6.57.